The van der Waals surface area contributed by atoms with E-state index in [9.17, 15) is 4.79 Å². The van der Waals surface area contributed by atoms with E-state index in [-0.39, 0.29) is 11.4 Å². The zero-order chi connectivity index (χ0) is 19.6. The summed E-state index contributed by atoms with van der Waals surface area (Å²) in [6, 6.07) is 11.3. The highest BCUT2D eigenvalue weighted by Crippen LogP contribution is 2.37. The maximum atomic E-state index is 13.4. The van der Waals surface area contributed by atoms with Gasteiger partial charge in [0.15, 0.2) is 0 Å². The molecule has 1 aromatic heterocycles. The predicted molar refractivity (Wildman–Crippen MR) is 110 cm³/mol. The third-order valence-electron chi connectivity index (χ3n) is 6.41. The van der Waals surface area contributed by atoms with Crippen LogP contribution in [0.15, 0.2) is 42.7 Å². The minimum atomic E-state index is -0.191. The molecule has 2 aliphatic heterocycles. The largest absolute Gasteiger partial charge is 0.330 e. The number of nitrogens with zero attached hydrogens (tertiary/aromatic N) is 3. The second-order valence-electron chi connectivity index (χ2n) is 8.52. The van der Waals surface area contributed by atoms with E-state index < -0.39 is 0 Å². The van der Waals surface area contributed by atoms with Gasteiger partial charge in [-0.15, -0.1) is 0 Å². The summed E-state index contributed by atoms with van der Waals surface area (Å²) in [7, 11) is 0. The summed E-state index contributed by atoms with van der Waals surface area (Å²) < 4.78 is 0. The van der Waals surface area contributed by atoms with Crippen LogP contribution in [0.3, 0.4) is 0 Å². The van der Waals surface area contributed by atoms with Crippen molar-refractivity contribution in [1.29, 1.82) is 0 Å². The molecule has 28 heavy (non-hydrogen) atoms. The van der Waals surface area contributed by atoms with Crippen molar-refractivity contribution in [1.82, 2.24) is 20.2 Å². The fraction of sp³-hybridized carbons (Fsp3) is 0.522. The second kappa shape index (κ2) is 8.00. The Bertz CT molecular complexity index is 807. The van der Waals surface area contributed by atoms with E-state index in [4.69, 9.17) is 0 Å². The van der Waals surface area contributed by atoms with Crippen LogP contribution >= 0.6 is 0 Å². The van der Waals surface area contributed by atoms with Gasteiger partial charge >= 0.3 is 0 Å². The number of rotatable bonds is 3. The molecule has 0 unspecified atom stereocenters. The lowest BCUT2D eigenvalue weighted by Gasteiger charge is -2.44. The Kier molecular flexibility index (Phi) is 5.44. The first-order valence-electron chi connectivity index (χ1n) is 10.5. The minimum absolute atomic E-state index is 0.0176. The number of hydrogen-bond donors (Lipinski definition) is 1. The van der Waals surface area contributed by atoms with E-state index >= 15 is 0 Å². The van der Waals surface area contributed by atoms with Crippen molar-refractivity contribution >= 4 is 5.91 Å². The molecule has 0 radical (unpaired) electrons. The Morgan fingerprint density at radius 3 is 2.75 bits per heavy atom. The molecule has 148 valence electrons. The summed E-state index contributed by atoms with van der Waals surface area (Å²) in [5, 5.41) is 3.87. The van der Waals surface area contributed by atoms with Gasteiger partial charge in [0.05, 0.1) is 17.4 Å². The number of fused-ring (bicyclic) bond motifs is 1. The molecule has 0 saturated carbocycles. The van der Waals surface area contributed by atoms with E-state index in [1.54, 1.807) is 12.4 Å². The Labute approximate surface area is 167 Å². The van der Waals surface area contributed by atoms with Crippen molar-refractivity contribution in [3.63, 3.8) is 0 Å². The van der Waals surface area contributed by atoms with Crippen molar-refractivity contribution in [2.75, 3.05) is 6.54 Å². The number of amides is 1. The van der Waals surface area contributed by atoms with E-state index in [0.717, 1.165) is 37.9 Å². The molecule has 2 aromatic rings. The quantitative estimate of drug-likeness (QED) is 0.888. The molecule has 4 rings (SSSR count). The fourth-order valence-electron chi connectivity index (χ4n) is 4.91. The first-order valence-corrected chi connectivity index (χ1v) is 10.5. The molecular weight excluding hydrogens is 348 g/mol. The van der Waals surface area contributed by atoms with Gasteiger partial charge in [-0.3, -0.25) is 9.78 Å². The molecule has 0 spiro atoms. The van der Waals surface area contributed by atoms with Crippen LogP contribution in [0.5, 0.6) is 0 Å². The molecule has 2 saturated heterocycles. The zero-order valence-electron chi connectivity index (χ0n) is 16.9. The van der Waals surface area contributed by atoms with Crippen LogP contribution in [0.2, 0.25) is 0 Å². The van der Waals surface area contributed by atoms with Crippen LogP contribution in [0, 0.1) is 6.92 Å². The van der Waals surface area contributed by atoms with Gasteiger partial charge in [-0.1, -0.05) is 43.2 Å². The molecule has 5 nitrogen and oxygen atoms in total. The molecule has 1 amide bonds. The maximum Gasteiger partial charge on any atom is 0.274 e. The predicted octanol–water partition coefficient (Wildman–Crippen LogP) is 3.53. The first kappa shape index (κ1) is 19.1. The monoisotopic (exact) mass is 378 g/mol. The number of likely N-dealkylation sites (tertiary alicyclic amines) is 1. The standard InChI is InChI=1S/C23H30N4O/c1-17-15-25-20(16-24-17)22(28)27-12-8-4-7-11-21-23(27,2)14-19(26-21)13-18-9-5-3-6-10-18/h3,5-6,9-10,15-16,19,21,26H,4,7-8,11-14H2,1-2H3/t19-,21+,23+/m1/s1. The van der Waals surface area contributed by atoms with Gasteiger partial charge < -0.3 is 10.2 Å². The lowest BCUT2D eigenvalue weighted by molar-refractivity contribution is 0.0419. The lowest BCUT2D eigenvalue weighted by Crippen LogP contribution is -2.57. The summed E-state index contributed by atoms with van der Waals surface area (Å²) in [5.74, 6) is 0.0176. The molecule has 1 N–H and O–H groups in total. The average Bonchev–Trinajstić information content (AvgIpc) is 2.99. The van der Waals surface area contributed by atoms with Gasteiger partial charge in [-0.05, 0) is 45.1 Å². The van der Waals surface area contributed by atoms with Crippen molar-refractivity contribution in [3.05, 3.63) is 59.7 Å². The van der Waals surface area contributed by atoms with Gasteiger partial charge in [0.1, 0.15) is 5.69 Å². The summed E-state index contributed by atoms with van der Waals surface area (Å²) in [6.07, 6.45) is 9.83. The fourth-order valence-corrected chi connectivity index (χ4v) is 4.91. The molecule has 0 aliphatic carbocycles. The Morgan fingerprint density at radius 1 is 1.18 bits per heavy atom. The van der Waals surface area contributed by atoms with E-state index in [1.165, 1.54) is 18.4 Å². The van der Waals surface area contributed by atoms with Gasteiger partial charge in [-0.2, -0.15) is 0 Å². The number of benzene rings is 1. The Morgan fingerprint density at radius 2 is 2.00 bits per heavy atom. The Hall–Kier alpha value is -2.27. The van der Waals surface area contributed by atoms with Crippen LogP contribution in [-0.2, 0) is 6.42 Å². The molecule has 1 aromatic carbocycles. The van der Waals surface area contributed by atoms with E-state index in [0.29, 0.717) is 17.8 Å². The summed E-state index contributed by atoms with van der Waals surface area (Å²) in [4.78, 5) is 24.1. The molecule has 2 aliphatic rings. The van der Waals surface area contributed by atoms with Crippen molar-refractivity contribution in [2.45, 2.75) is 70.0 Å². The van der Waals surface area contributed by atoms with Crippen LogP contribution < -0.4 is 5.32 Å². The molecular formula is C23H30N4O. The third-order valence-corrected chi connectivity index (χ3v) is 6.41. The average molecular weight is 379 g/mol. The van der Waals surface area contributed by atoms with Crippen molar-refractivity contribution < 1.29 is 4.79 Å². The number of aryl methyl sites for hydroxylation is 1. The number of carbonyl (C=O) groups is 1. The Balaban J connectivity index is 1.58. The van der Waals surface area contributed by atoms with Crippen LogP contribution in [-0.4, -0.2) is 44.9 Å². The number of hydrogen-bond acceptors (Lipinski definition) is 4. The molecule has 2 fully saturated rings. The maximum absolute atomic E-state index is 13.4. The van der Waals surface area contributed by atoms with Gasteiger partial charge in [-0.25, -0.2) is 4.98 Å². The highest BCUT2D eigenvalue weighted by molar-refractivity contribution is 5.92. The minimum Gasteiger partial charge on any atom is -0.330 e. The number of aromatic nitrogens is 2. The summed E-state index contributed by atoms with van der Waals surface area (Å²) in [6.45, 7) is 4.95. The number of carbonyl (C=O) groups excluding carboxylic acids is 1. The summed E-state index contributed by atoms with van der Waals surface area (Å²) in [5.41, 5.74) is 2.44. The van der Waals surface area contributed by atoms with Gasteiger partial charge in [0.25, 0.3) is 5.91 Å². The van der Waals surface area contributed by atoms with Crippen LogP contribution in [0.1, 0.15) is 60.8 Å². The molecule has 3 heterocycles. The van der Waals surface area contributed by atoms with Crippen LogP contribution in [0.25, 0.3) is 0 Å². The normalized spacial score (nSPS) is 27.7. The highest BCUT2D eigenvalue weighted by Gasteiger charge is 2.49. The number of nitrogens with one attached hydrogen (secondary N) is 1. The van der Waals surface area contributed by atoms with Gasteiger partial charge in [0, 0.05) is 24.8 Å². The van der Waals surface area contributed by atoms with Crippen molar-refractivity contribution in [2.24, 2.45) is 0 Å². The first-order chi connectivity index (χ1) is 13.6. The van der Waals surface area contributed by atoms with E-state index in [1.807, 2.05) is 6.92 Å². The topological polar surface area (TPSA) is 58.1 Å². The second-order valence-corrected chi connectivity index (χ2v) is 8.52. The SMILES string of the molecule is Cc1cnc(C(=O)N2CCCCC[C@@H]3N[C@H](Cc4ccccc4)C[C@@]32C)cn1. The molecule has 3 atom stereocenters. The van der Waals surface area contributed by atoms with E-state index in [2.05, 4.69) is 57.4 Å². The lowest BCUT2D eigenvalue weighted by atomic mass is 9.83. The van der Waals surface area contributed by atoms with Gasteiger partial charge in [0.2, 0.25) is 0 Å². The molecule has 0 bridgehead atoms. The van der Waals surface area contributed by atoms with Crippen molar-refractivity contribution in [3.8, 4) is 0 Å². The summed E-state index contributed by atoms with van der Waals surface area (Å²) >= 11 is 0. The zero-order valence-corrected chi connectivity index (χ0v) is 16.9. The molecule has 5 heteroatoms. The highest BCUT2D eigenvalue weighted by atomic mass is 16.2. The van der Waals surface area contributed by atoms with Crippen LogP contribution in [0.4, 0.5) is 0 Å². The third kappa shape index (κ3) is 3.81. The smallest absolute Gasteiger partial charge is 0.274 e.